The van der Waals surface area contributed by atoms with E-state index < -0.39 is 28.8 Å². The number of carbonyl (C=O) groups is 1. The number of hydrogen-bond donors (Lipinski definition) is 3. The third kappa shape index (κ3) is 5.32. The Morgan fingerprint density at radius 2 is 2.03 bits per heavy atom. The zero-order valence-electron chi connectivity index (χ0n) is 19.6. The van der Waals surface area contributed by atoms with Gasteiger partial charge in [-0.3, -0.25) is 14.8 Å². The Bertz CT molecular complexity index is 1220. The number of halogens is 3. The molecule has 1 unspecified atom stereocenters. The van der Waals surface area contributed by atoms with Gasteiger partial charge in [-0.15, -0.1) is 0 Å². The summed E-state index contributed by atoms with van der Waals surface area (Å²) < 4.78 is 42.6. The zero-order chi connectivity index (χ0) is 25.2. The average Bonchev–Trinajstić information content (AvgIpc) is 3.24. The highest BCUT2D eigenvalue weighted by molar-refractivity contribution is 5.75. The Kier molecular flexibility index (Phi) is 7.11. The Labute approximate surface area is 201 Å². The molecule has 3 aromatic rings. The van der Waals surface area contributed by atoms with Crippen molar-refractivity contribution < 1.29 is 23.1 Å². The van der Waals surface area contributed by atoms with E-state index in [4.69, 9.17) is 0 Å². The predicted molar refractivity (Wildman–Crippen MR) is 125 cm³/mol. The minimum absolute atomic E-state index is 0.0594. The summed E-state index contributed by atoms with van der Waals surface area (Å²) >= 11 is 0. The van der Waals surface area contributed by atoms with Gasteiger partial charge in [-0.1, -0.05) is 19.1 Å². The van der Waals surface area contributed by atoms with E-state index in [-0.39, 0.29) is 43.1 Å². The number of piperidine rings is 1. The summed E-state index contributed by atoms with van der Waals surface area (Å²) in [4.78, 5) is 18.8. The van der Waals surface area contributed by atoms with Crippen molar-refractivity contribution in [3.05, 3.63) is 70.8 Å². The number of nitrogens with zero attached hydrogens (tertiary/aromatic N) is 3. The van der Waals surface area contributed by atoms with E-state index in [0.29, 0.717) is 24.6 Å². The lowest BCUT2D eigenvalue weighted by atomic mass is 9.71. The summed E-state index contributed by atoms with van der Waals surface area (Å²) in [5, 5.41) is 20.1. The second-order valence-corrected chi connectivity index (χ2v) is 9.15. The number of carboxylic acid groups (broad SMARTS) is 1. The summed E-state index contributed by atoms with van der Waals surface area (Å²) in [6.07, 6.45) is 1.00. The van der Waals surface area contributed by atoms with Crippen molar-refractivity contribution in [1.82, 2.24) is 20.1 Å². The first-order valence-electron chi connectivity index (χ1n) is 11.6. The molecule has 3 heterocycles. The Morgan fingerprint density at radius 3 is 2.71 bits per heavy atom. The largest absolute Gasteiger partial charge is 0.481 e. The number of likely N-dealkylation sites (tertiary alicyclic amines) is 1. The average molecular weight is 488 g/mol. The highest BCUT2D eigenvalue weighted by atomic mass is 19.2. The van der Waals surface area contributed by atoms with Gasteiger partial charge in [0.05, 0.1) is 11.1 Å². The molecule has 1 aliphatic heterocycles. The number of pyridine rings is 1. The quantitative estimate of drug-likeness (QED) is 0.416. The van der Waals surface area contributed by atoms with E-state index in [0.717, 1.165) is 11.8 Å². The number of hydrogen-bond acceptors (Lipinski definition) is 5. The number of rotatable bonds is 8. The molecule has 0 saturated carbocycles. The number of benzene rings is 1. The van der Waals surface area contributed by atoms with Crippen LogP contribution in [0.25, 0.3) is 0 Å². The standard InChI is InChI=1S/C25H28F3N5O2/c1-3-17-12-25(24(34)35,9-10-33(17)14-16-5-4-6-19(27)23(16)28)13-20-18(26)7-8-21(29-20)30-22-11-15(2)31-32-22/h4-8,11,17H,3,9-10,12-14H2,1-2H3,(H,34,35)(H2,29,30,31,32)/t17-,25?/m1/s1. The van der Waals surface area contributed by atoms with Crippen LogP contribution >= 0.6 is 0 Å². The van der Waals surface area contributed by atoms with E-state index in [9.17, 15) is 23.1 Å². The Balaban J connectivity index is 1.54. The first-order chi connectivity index (χ1) is 16.7. The maximum atomic E-state index is 14.7. The van der Waals surface area contributed by atoms with Crippen molar-refractivity contribution in [1.29, 1.82) is 0 Å². The van der Waals surface area contributed by atoms with Crippen molar-refractivity contribution in [2.45, 2.75) is 52.1 Å². The van der Waals surface area contributed by atoms with Gasteiger partial charge in [-0.25, -0.2) is 18.2 Å². The molecule has 0 aliphatic carbocycles. The van der Waals surface area contributed by atoms with E-state index >= 15 is 0 Å². The molecule has 0 radical (unpaired) electrons. The zero-order valence-corrected chi connectivity index (χ0v) is 19.6. The fourth-order valence-electron chi connectivity index (χ4n) is 4.76. The van der Waals surface area contributed by atoms with Crippen molar-refractivity contribution in [3.63, 3.8) is 0 Å². The third-order valence-electron chi connectivity index (χ3n) is 6.74. The van der Waals surface area contributed by atoms with Crippen LogP contribution in [0.5, 0.6) is 0 Å². The molecule has 7 nitrogen and oxygen atoms in total. The maximum absolute atomic E-state index is 14.7. The topological polar surface area (TPSA) is 94.1 Å². The predicted octanol–water partition coefficient (Wildman–Crippen LogP) is 4.96. The van der Waals surface area contributed by atoms with Crippen molar-refractivity contribution in [2.24, 2.45) is 5.41 Å². The summed E-state index contributed by atoms with van der Waals surface area (Å²) in [7, 11) is 0. The number of H-pyrrole nitrogens is 1. The lowest BCUT2D eigenvalue weighted by Gasteiger charge is -2.44. The number of nitrogens with one attached hydrogen (secondary N) is 2. The molecule has 2 atom stereocenters. The molecule has 0 spiro atoms. The molecular formula is C25H28F3N5O2. The normalized spacial score (nSPS) is 20.7. The van der Waals surface area contributed by atoms with Gasteiger partial charge in [0.2, 0.25) is 0 Å². The molecule has 1 aliphatic rings. The van der Waals surface area contributed by atoms with Gasteiger partial charge in [0.1, 0.15) is 11.6 Å². The van der Waals surface area contributed by atoms with Crippen LogP contribution in [0.1, 0.15) is 43.1 Å². The molecule has 1 aromatic carbocycles. The van der Waals surface area contributed by atoms with E-state index in [1.165, 1.54) is 24.3 Å². The highest BCUT2D eigenvalue weighted by Gasteiger charge is 2.46. The molecule has 186 valence electrons. The number of aliphatic carboxylic acids is 1. The smallest absolute Gasteiger partial charge is 0.310 e. The number of aryl methyl sites for hydroxylation is 1. The number of aromatic amines is 1. The third-order valence-corrected chi connectivity index (χ3v) is 6.74. The fourth-order valence-corrected chi connectivity index (χ4v) is 4.76. The van der Waals surface area contributed by atoms with Crippen LogP contribution in [0.15, 0.2) is 36.4 Å². The van der Waals surface area contributed by atoms with Gasteiger partial charge in [-0.2, -0.15) is 5.10 Å². The van der Waals surface area contributed by atoms with Crippen LogP contribution < -0.4 is 5.32 Å². The van der Waals surface area contributed by atoms with E-state index in [1.54, 1.807) is 6.07 Å². The molecule has 1 fully saturated rings. The lowest BCUT2D eigenvalue weighted by molar-refractivity contribution is -0.154. The van der Waals surface area contributed by atoms with Gasteiger partial charge in [0.15, 0.2) is 17.5 Å². The molecule has 35 heavy (non-hydrogen) atoms. The molecule has 3 N–H and O–H groups in total. The van der Waals surface area contributed by atoms with Gasteiger partial charge in [-0.05, 0) is 50.9 Å². The Morgan fingerprint density at radius 1 is 1.23 bits per heavy atom. The summed E-state index contributed by atoms with van der Waals surface area (Å²) in [5.74, 6) is -2.52. The Hall–Kier alpha value is -3.40. The second kappa shape index (κ2) is 10.1. The molecular weight excluding hydrogens is 459 g/mol. The SMILES string of the molecule is CC[C@@H]1CC(Cc2nc(Nc3cc(C)[nH]n3)ccc2F)(C(=O)O)CCN1Cc1cccc(F)c1F. The second-order valence-electron chi connectivity index (χ2n) is 9.15. The summed E-state index contributed by atoms with van der Waals surface area (Å²) in [6.45, 7) is 4.30. The summed E-state index contributed by atoms with van der Waals surface area (Å²) in [6, 6.07) is 8.37. The molecule has 4 rings (SSSR count). The van der Waals surface area contributed by atoms with Crippen LogP contribution in [0, 0.1) is 29.8 Å². The van der Waals surface area contributed by atoms with Crippen molar-refractivity contribution in [2.75, 3.05) is 11.9 Å². The van der Waals surface area contributed by atoms with Gasteiger partial charge >= 0.3 is 5.97 Å². The number of anilines is 2. The lowest BCUT2D eigenvalue weighted by Crippen LogP contribution is -2.50. The minimum atomic E-state index is -1.23. The summed E-state index contributed by atoms with van der Waals surface area (Å²) in [5.41, 5.74) is -0.0989. The van der Waals surface area contributed by atoms with Gasteiger partial charge < -0.3 is 10.4 Å². The molecule has 2 aromatic heterocycles. The van der Waals surface area contributed by atoms with Crippen LogP contribution in [-0.2, 0) is 17.8 Å². The van der Waals surface area contributed by atoms with E-state index in [1.807, 2.05) is 18.7 Å². The molecule has 0 bridgehead atoms. The number of aromatic nitrogens is 3. The molecule has 0 amide bonds. The van der Waals surface area contributed by atoms with Crippen molar-refractivity contribution in [3.8, 4) is 0 Å². The van der Waals surface area contributed by atoms with Crippen molar-refractivity contribution >= 4 is 17.6 Å². The molecule has 1 saturated heterocycles. The fraction of sp³-hybridized carbons (Fsp3) is 0.400. The van der Waals surface area contributed by atoms with Crippen LogP contribution in [0.2, 0.25) is 0 Å². The highest BCUT2D eigenvalue weighted by Crippen LogP contribution is 2.40. The van der Waals surface area contributed by atoms with Crippen LogP contribution in [-0.4, -0.2) is 43.7 Å². The maximum Gasteiger partial charge on any atom is 0.310 e. The van der Waals surface area contributed by atoms with Crippen LogP contribution in [0.4, 0.5) is 24.8 Å². The number of carboxylic acids is 1. The molecule has 10 heteroatoms. The van der Waals surface area contributed by atoms with Crippen LogP contribution in [0.3, 0.4) is 0 Å². The first-order valence-corrected chi connectivity index (χ1v) is 11.6. The van der Waals surface area contributed by atoms with Gasteiger partial charge in [0.25, 0.3) is 0 Å². The minimum Gasteiger partial charge on any atom is -0.481 e. The first kappa shape index (κ1) is 24.7. The monoisotopic (exact) mass is 487 g/mol. The van der Waals surface area contributed by atoms with E-state index in [2.05, 4.69) is 20.5 Å². The van der Waals surface area contributed by atoms with Gasteiger partial charge in [0, 0.05) is 36.3 Å².